The van der Waals surface area contributed by atoms with E-state index in [-0.39, 0.29) is 42.3 Å². The van der Waals surface area contributed by atoms with Gasteiger partial charge < -0.3 is 15.4 Å². The van der Waals surface area contributed by atoms with Crippen molar-refractivity contribution in [1.29, 1.82) is 0 Å². The van der Waals surface area contributed by atoms with Gasteiger partial charge in [-0.3, -0.25) is 4.79 Å². The van der Waals surface area contributed by atoms with Crippen LogP contribution in [0.5, 0.6) is 5.75 Å². The Hall–Kier alpha value is -1.31. The number of carbonyl (C=O) groups excluding carboxylic acids is 1. The van der Waals surface area contributed by atoms with E-state index in [1.54, 1.807) is 12.1 Å². The summed E-state index contributed by atoms with van der Waals surface area (Å²) in [7, 11) is -3.20. The second-order valence-corrected chi connectivity index (χ2v) is 7.47. The maximum atomic E-state index is 11.8. The molecular weight excluding hydrogens is 340 g/mol. The Kier molecular flexibility index (Phi) is 7.81. The lowest BCUT2D eigenvalue weighted by Crippen LogP contribution is -2.45. The molecule has 1 unspecified atom stereocenters. The first-order chi connectivity index (χ1) is 10.4. The number of nitrogens with one attached hydrogen (secondary N) is 2. The summed E-state index contributed by atoms with van der Waals surface area (Å²) in [6.45, 7) is 2.10. The highest BCUT2D eigenvalue weighted by molar-refractivity contribution is 7.90. The monoisotopic (exact) mass is 362 g/mol. The van der Waals surface area contributed by atoms with Crippen molar-refractivity contribution in [2.45, 2.75) is 30.2 Å². The Labute approximate surface area is 143 Å². The van der Waals surface area contributed by atoms with Crippen LogP contribution in [0.25, 0.3) is 0 Å². The molecule has 8 heteroatoms. The third-order valence-electron chi connectivity index (χ3n) is 3.51. The van der Waals surface area contributed by atoms with Gasteiger partial charge in [-0.25, -0.2) is 8.42 Å². The van der Waals surface area contributed by atoms with E-state index in [4.69, 9.17) is 4.74 Å². The molecule has 0 bridgehead atoms. The lowest BCUT2D eigenvalue weighted by molar-refractivity contribution is -0.122. The Balaban J connectivity index is 0.00000264. The summed E-state index contributed by atoms with van der Waals surface area (Å²) in [5.41, 5.74) is 0. The number of amides is 1. The van der Waals surface area contributed by atoms with Crippen LogP contribution in [0.2, 0.25) is 0 Å². The molecule has 1 aliphatic rings. The van der Waals surface area contributed by atoms with Gasteiger partial charge in [-0.05, 0) is 43.7 Å². The van der Waals surface area contributed by atoms with E-state index >= 15 is 0 Å². The minimum atomic E-state index is -3.20. The van der Waals surface area contributed by atoms with Crippen molar-refractivity contribution < 1.29 is 17.9 Å². The quantitative estimate of drug-likeness (QED) is 0.793. The summed E-state index contributed by atoms with van der Waals surface area (Å²) in [4.78, 5) is 12.0. The zero-order valence-electron chi connectivity index (χ0n) is 13.1. The molecule has 0 aromatic heterocycles. The molecule has 1 aromatic rings. The van der Waals surface area contributed by atoms with Crippen molar-refractivity contribution in [3.63, 3.8) is 0 Å². The fourth-order valence-corrected chi connectivity index (χ4v) is 2.95. The number of ether oxygens (including phenoxy) is 1. The van der Waals surface area contributed by atoms with E-state index in [2.05, 4.69) is 10.6 Å². The van der Waals surface area contributed by atoms with E-state index in [1.807, 2.05) is 0 Å². The van der Waals surface area contributed by atoms with Gasteiger partial charge >= 0.3 is 0 Å². The van der Waals surface area contributed by atoms with Crippen molar-refractivity contribution in [3.8, 4) is 5.75 Å². The van der Waals surface area contributed by atoms with Crippen molar-refractivity contribution >= 4 is 28.2 Å². The van der Waals surface area contributed by atoms with Gasteiger partial charge in [0.2, 0.25) is 5.91 Å². The average molecular weight is 363 g/mol. The third-order valence-corrected chi connectivity index (χ3v) is 4.64. The molecule has 1 saturated heterocycles. The summed E-state index contributed by atoms with van der Waals surface area (Å²) >= 11 is 0. The van der Waals surface area contributed by atoms with Crippen molar-refractivity contribution in [2.75, 3.05) is 26.0 Å². The van der Waals surface area contributed by atoms with Crippen molar-refractivity contribution in [1.82, 2.24) is 10.6 Å². The molecule has 0 spiro atoms. The van der Waals surface area contributed by atoms with E-state index in [0.717, 1.165) is 32.2 Å². The molecular formula is C15H23ClN2O4S. The number of benzene rings is 1. The van der Waals surface area contributed by atoms with Crippen LogP contribution in [0.1, 0.15) is 19.3 Å². The van der Waals surface area contributed by atoms with Gasteiger partial charge in [0.15, 0.2) is 9.84 Å². The molecule has 6 nitrogen and oxygen atoms in total. The number of halogens is 1. The average Bonchev–Trinajstić information content (AvgIpc) is 2.48. The molecule has 1 aliphatic heterocycles. The standard InChI is InChI=1S/C15H22N2O4S.ClH/c1-22(19,20)14-6-4-13(5-7-14)21-10-8-15(18)17-12-3-2-9-16-11-12;/h4-7,12,16H,2-3,8-11H2,1H3,(H,17,18);1H. The molecule has 2 rings (SSSR count). The minimum Gasteiger partial charge on any atom is -0.493 e. The first-order valence-corrected chi connectivity index (χ1v) is 9.27. The topological polar surface area (TPSA) is 84.5 Å². The van der Waals surface area contributed by atoms with Gasteiger partial charge in [0.05, 0.1) is 17.9 Å². The second kappa shape index (κ2) is 9.10. The first-order valence-electron chi connectivity index (χ1n) is 7.38. The highest BCUT2D eigenvalue weighted by Gasteiger charge is 2.15. The maximum absolute atomic E-state index is 11.8. The predicted octanol–water partition coefficient (Wildman–Crippen LogP) is 1.15. The number of hydrogen-bond acceptors (Lipinski definition) is 5. The maximum Gasteiger partial charge on any atom is 0.223 e. The van der Waals surface area contributed by atoms with Gasteiger partial charge in [0.1, 0.15) is 5.75 Å². The minimum absolute atomic E-state index is 0. The van der Waals surface area contributed by atoms with Crippen LogP contribution in [-0.2, 0) is 14.6 Å². The lowest BCUT2D eigenvalue weighted by atomic mass is 10.1. The zero-order valence-corrected chi connectivity index (χ0v) is 14.7. The molecule has 1 atom stereocenters. The molecule has 0 saturated carbocycles. The second-order valence-electron chi connectivity index (χ2n) is 5.45. The van der Waals surface area contributed by atoms with Gasteiger partial charge in [-0.15, -0.1) is 12.4 Å². The highest BCUT2D eigenvalue weighted by atomic mass is 35.5. The van der Waals surface area contributed by atoms with Gasteiger partial charge in [0, 0.05) is 18.8 Å². The summed E-state index contributed by atoms with van der Waals surface area (Å²) in [6.07, 6.45) is 3.53. The van der Waals surface area contributed by atoms with E-state index in [9.17, 15) is 13.2 Å². The van der Waals surface area contributed by atoms with Gasteiger partial charge in [-0.2, -0.15) is 0 Å². The summed E-state index contributed by atoms with van der Waals surface area (Å²) < 4.78 is 28.1. The Morgan fingerprint density at radius 3 is 2.61 bits per heavy atom. The van der Waals surface area contributed by atoms with Crippen LogP contribution < -0.4 is 15.4 Å². The summed E-state index contributed by atoms with van der Waals surface area (Å²) in [5.74, 6) is 0.529. The smallest absolute Gasteiger partial charge is 0.223 e. The summed E-state index contributed by atoms with van der Waals surface area (Å²) in [5, 5.41) is 6.22. The number of rotatable bonds is 6. The van der Waals surface area contributed by atoms with Crippen LogP contribution in [0.15, 0.2) is 29.2 Å². The molecule has 2 N–H and O–H groups in total. The highest BCUT2D eigenvalue weighted by Crippen LogP contribution is 2.15. The Morgan fingerprint density at radius 2 is 2.04 bits per heavy atom. The normalized spacial score (nSPS) is 17.9. The van der Waals surface area contributed by atoms with Crippen LogP contribution in [0.4, 0.5) is 0 Å². The Morgan fingerprint density at radius 1 is 1.35 bits per heavy atom. The van der Waals surface area contributed by atoms with Crippen LogP contribution in [0, 0.1) is 0 Å². The lowest BCUT2D eigenvalue weighted by Gasteiger charge is -2.23. The first kappa shape index (κ1) is 19.7. The molecule has 0 aliphatic carbocycles. The molecule has 1 amide bonds. The van der Waals surface area contributed by atoms with Crippen LogP contribution in [0.3, 0.4) is 0 Å². The molecule has 1 aromatic carbocycles. The zero-order chi connectivity index (χ0) is 16.0. The molecule has 1 heterocycles. The molecule has 23 heavy (non-hydrogen) atoms. The number of carbonyl (C=O) groups is 1. The predicted molar refractivity (Wildman–Crippen MR) is 90.9 cm³/mol. The van der Waals surface area contributed by atoms with Crippen molar-refractivity contribution in [2.24, 2.45) is 0 Å². The van der Waals surface area contributed by atoms with E-state index in [1.165, 1.54) is 12.1 Å². The van der Waals surface area contributed by atoms with Crippen LogP contribution >= 0.6 is 12.4 Å². The van der Waals surface area contributed by atoms with E-state index < -0.39 is 9.84 Å². The van der Waals surface area contributed by atoms with Crippen LogP contribution in [-0.4, -0.2) is 46.3 Å². The fourth-order valence-electron chi connectivity index (χ4n) is 2.32. The molecule has 0 radical (unpaired) electrons. The Bertz CT molecular complexity index is 598. The van der Waals surface area contributed by atoms with Gasteiger partial charge in [0.25, 0.3) is 0 Å². The van der Waals surface area contributed by atoms with Gasteiger partial charge in [-0.1, -0.05) is 0 Å². The number of piperidine rings is 1. The largest absolute Gasteiger partial charge is 0.493 e. The summed E-state index contributed by atoms with van der Waals surface area (Å²) in [6, 6.07) is 6.39. The molecule has 1 fully saturated rings. The van der Waals surface area contributed by atoms with Crippen molar-refractivity contribution in [3.05, 3.63) is 24.3 Å². The molecule has 130 valence electrons. The van der Waals surface area contributed by atoms with E-state index in [0.29, 0.717) is 5.75 Å². The fraction of sp³-hybridized carbons (Fsp3) is 0.533. The number of sulfone groups is 1. The third kappa shape index (κ3) is 6.76. The number of hydrogen-bond donors (Lipinski definition) is 2. The SMILES string of the molecule is CS(=O)(=O)c1ccc(OCCC(=O)NC2CCCNC2)cc1.Cl.